The van der Waals surface area contributed by atoms with Crippen LogP contribution in [0.15, 0.2) is 19.0 Å². The van der Waals surface area contributed by atoms with E-state index in [-0.39, 0.29) is 6.09 Å². The zero-order valence-electron chi connectivity index (χ0n) is 14.4. The van der Waals surface area contributed by atoms with Crippen molar-refractivity contribution in [1.29, 1.82) is 0 Å². The molecule has 1 aromatic heterocycles. The average molecular weight is 320 g/mol. The van der Waals surface area contributed by atoms with Crippen molar-refractivity contribution in [3.63, 3.8) is 0 Å². The molecular weight excluding hydrogens is 292 g/mol. The molecular formula is C17H28N4O2. The van der Waals surface area contributed by atoms with Gasteiger partial charge >= 0.3 is 6.09 Å². The van der Waals surface area contributed by atoms with E-state index in [0.29, 0.717) is 6.04 Å². The topological polar surface area (TPSA) is 59.4 Å². The van der Waals surface area contributed by atoms with Crippen LogP contribution in [0, 0.1) is 0 Å². The normalized spacial score (nSPS) is 14.6. The highest BCUT2D eigenvalue weighted by molar-refractivity contribution is 5.69. The summed E-state index contributed by atoms with van der Waals surface area (Å²) in [6.07, 6.45) is 8.33. The monoisotopic (exact) mass is 320 g/mol. The lowest BCUT2D eigenvalue weighted by atomic mass is 10.2. The maximum atomic E-state index is 12.2. The SMILES string of the molecule is C=Cn1cc(CNCCCN(C(=O)OC(C)(C)C)C2CC2)cn1. The Balaban J connectivity index is 1.68. The Labute approximate surface area is 138 Å². The second kappa shape index (κ2) is 7.64. The molecule has 0 saturated heterocycles. The summed E-state index contributed by atoms with van der Waals surface area (Å²) in [4.78, 5) is 14.1. The maximum absolute atomic E-state index is 12.2. The number of hydrogen-bond acceptors (Lipinski definition) is 4. The first kappa shape index (κ1) is 17.5. The third kappa shape index (κ3) is 6.06. The maximum Gasteiger partial charge on any atom is 0.410 e. The Morgan fingerprint density at radius 2 is 2.30 bits per heavy atom. The van der Waals surface area contributed by atoms with E-state index in [1.54, 1.807) is 10.9 Å². The molecule has 1 saturated carbocycles. The minimum atomic E-state index is -0.437. The molecule has 1 heterocycles. The molecule has 2 rings (SSSR count). The molecule has 0 radical (unpaired) electrons. The second-order valence-corrected chi connectivity index (χ2v) is 6.95. The van der Waals surface area contributed by atoms with Crippen LogP contribution in [0.1, 0.15) is 45.6 Å². The standard InChI is InChI=1S/C17H28N4O2/c1-5-20-13-14(12-19-20)11-18-9-6-10-21(15-7-8-15)16(22)23-17(2,3)4/h5,12-13,15,18H,1,6-11H2,2-4H3. The second-order valence-electron chi connectivity index (χ2n) is 6.95. The van der Waals surface area contributed by atoms with Crippen LogP contribution in [-0.2, 0) is 11.3 Å². The van der Waals surface area contributed by atoms with E-state index in [9.17, 15) is 4.79 Å². The van der Waals surface area contributed by atoms with Gasteiger partial charge in [-0.05, 0) is 46.6 Å². The van der Waals surface area contributed by atoms with Crippen LogP contribution in [0.2, 0.25) is 0 Å². The summed E-state index contributed by atoms with van der Waals surface area (Å²) < 4.78 is 7.18. The highest BCUT2D eigenvalue weighted by Crippen LogP contribution is 2.28. The quantitative estimate of drug-likeness (QED) is 0.748. The van der Waals surface area contributed by atoms with Crippen LogP contribution >= 0.6 is 0 Å². The minimum absolute atomic E-state index is 0.188. The number of hydrogen-bond donors (Lipinski definition) is 1. The number of ether oxygens (including phenoxy) is 1. The van der Waals surface area contributed by atoms with E-state index in [4.69, 9.17) is 4.74 Å². The van der Waals surface area contributed by atoms with Crippen LogP contribution in [-0.4, -0.2) is 45.5 Å². The fraction of sp³-hybridized carbons (Fsp3) is 0.647. The van der Waals surface area contributed by atoms with Gasteiger partial charge in [-0.25, -0.2) is 9.48 Å². The molecule has 1 amide bonds. The molecule has 1 aliphatic rings. The minimum Gasteiger partial charge on any atom is -0.444 e. The lowest BCUT2D eigenvalue weighted by molar-refractivity contribution is 0.0232. The van der Waals surface area contributed by atoms with Gasteiger partial charge in [0.15, 0.2) is 0 Å². The van der Waals surface area contributed by atoms with Gasteiger partial charge in [0.1, 0.15) is 5.60 Å². The van der Waals surface area contributed by atoms with Gasteiger partial charge in [0.05, 0.1) is 6.20 Å². The van der Waals surface area contributed by atoms with Gasteiger partial charge < -0.3 is 15.0 Å². The van der Waals surface area contributed by atoms with Crippen molar-refractivity contribution in [2.75, 3.05) is 13.1 Å². The van der Waals surface area contributed by atoms with Crippen LogP contribution in [0.25, 0.3) is 6.20 Å². The van der Waals surface area contributed by atoms with Gasteiger partial charge in [0, 0.05) is 37.1 Å². The number of carbonyl (C=O) groups excluding carboxylic acids is 1. The molecule has 6 nitrogen and oxygen atoms in total. The van der Waals surface area contributed by atoms with Gasteiger partial charge in [0.25, 0.3) is 0 Å². The zero-order valence-corrected chi connectivity index (χ0v) is 14.4. The van der Waals surface area contributed by atoms with Crippen molar-refractivity contribution < 1.29 is 9.53 Å². The Morgan fingerprint density at radius 3 is 2.87 bits per heavy atom. The first-order valence-corrected chi connectivity index (χ1v) is 8.25. The van der Waals surface area contributed by atoms with Gasteiger partial charge in [-0.1, -0.05) is 6.58 Å². The van der Waals surface area contributed by atoms with Crippen molar-refractivity contribution >= 4 is 12.3 Å². The number of nitrogens with zero attached hydrogens (tertiary/aromatic N) is 3. The smallest absolute Gasteiger partial charge is 0.410 e. The summed E-state index contributed by atoms with van der Waals surface area (Å²) in [6, 6.07) is 0.371. The fourth-order valence-electron chi connectivity index (χ4n) is 2.31. The summed E-state index contributed by atoms with van der Waals surface area (Å²) in [5, 5.41) is 7.51. The van der Waals surface area contributed by atoms with Crippen molar-refractivity contribution in [2.24, 2.45) is 0 Å². The van der Waals surface area contributed by atoms with E-state index in [2.05, 4.69) is 17.0 Å². The highest BCUT2D eigenvalue weighted by Gasteiger charge is 2.34. The van der Waals surface area contributed by atoms with Crippen molar-refractivity contribution in [3.05, 3.63) is 24.5 Å². The number of amides is 1. The molecule has 0 spiro atoms. The molecule has 0 aromatic carbocycles. The summed E-state index contributed by atoms with van der Waals surface area (Å²) >= 11 is 0. The zero-order chi connectivity index (χ0) is 16.9. The summed E-state index contributed by atoms with van der Waals surface area (Å²) in [5.74, 6) is 0. The average Bonchev–Trinajstić information content (AvgIpc) is 3.19. The van der Waals surface area contributed by atoms with Crippen molar-refractivity contribution in [1.82, 2.24) is 20.0 Å². The largest absolute Gasteiger partial charge is 0.444 e. The third-order valence-corrected chi connectivity index (χ3v) is 3.54. The Bertz CT molecular complexity index is 529. The third-order valence-electron chi connectivity index (χ3n) is 3.54. The van der Waals surface area contributed by atoms with Gasteiger partial charge in [-0.3, -0.25) is 0 Å². The molecule has 0 aliphatic heterocycles. The Hall–Kier alpha value is -1.82. The number of carbonyl (C=O) groups is 1. The number of nitrogens with one attached hydrogen (secondary N) is 1. The highest BCUT2D eigenvalue weighted by atomic mass is 16.6. The predicted octanol–water partition coefficient (Wildman–Crippen LogP) is 2.86. The fourth-order valence-corrected chi connectivity index (χ4v) is 2.31. The lowest BCUT2D eigenvalue weighted by Gasteiger charge is -2.27. The Morgan fingerprint density at radius 1 is 1.57 bits per heavy atom. The first-order chi connectivity index (χ1) is 10.9. The van der Waals surface area contributed by atoms with E-state index in [1.807, 2.05) is 38.1 Å². The number of aromatic nitrogens is 2. The van der Waals surface area contributed by atoms with Crippen molar-refractivity contribution in [2.45, 2.75) is 58.2 Å². The molecule has 0 bridgehead atoms. The molecule has 0 unspecified atom stereocenters. The van der Waals surface area contributed by atoms with Crippen LogP contribution in [0.4, 0.5) is 4.79 Å². The summed E-state index contributed by atoms with van der Waals surface area (Å²) in [5.41, 5.74) is 0.685. The number of rotatable bonds is 8. The molecule has 1 aliphatic carbocycles. The summed E-state index contributed by atoms with van der Waals surface area (Å²) in [6.45, 7) is 11.7. The molecule has 1 aromatic rings. The molecule has 128 valence electrons. The first-order valence-electron chi connectivity index (χ1n) is 8.25. The Kier molecular flexibility index (Phi) is 5.82. The van der Waals surface area contributed by atoms with Gasteiger partial charge in [0.2, 0.25) is 0 Å². The van der Waals surface area contributed by atoms with Crippen LogP contribution in [0.3, 0.4) is 0 Å². The van der Waals surface area contributed by atoms with Crippen molar-refractivity contribution in [3.8, 4) is 0 Å². The molecule has 23 heavy (non-hydrogen) atoms. The molecule has 0 atom stereocenters. The molecule has 1 fully saturated rings. The molecule has 1 N–H and O–H groups in total. The van der Waals surface area contributed by atoms with E-state index < -0.39 is 5.60 Å². The van der Waals surface area contributed by atoms with E-state index in [0.717, 1.165) is 44.5 Å². The van der Waals surface area contributed by atoms with E-state index >= 15 is 0 Å². The van der Waals surface area contributed by atoms with Gasteiger partial charge in [-0.15, -0.1) is 0 Å². The lowest BCUT2D eigenvalue weighted by Crippen LogP contribution is -2.39. The predicted molar refractivity (Wildman–Crippen MR) is 90.9 cm³/mol. The van der Waals surface area contributed by atoms with Crippen LogP contribution in [0.5, 0.6) is 0 Å². The van der Waals surface area contributed by atoms with Crippen LogP contribution < -0.4 is 5.32 Å². The van der Waals surface area contributed by atoms with E-state index in [1.165, 1.54) is 0 Å². The molecule has 6 heteroatoms. The van der Waals surface area contributed by atoms with Gasteiger partial charge in [-0.2, -0.15) is 5.10 Å². The summed E-state index contributed by atoms with van der Waals surface area (Å²) in [7, 11) is 0.